The van der Waals surface area contributed by atoms with Crippen LogP contribution >= 0.6 is 0 Å². The number of hydrogen-bond donors (Lipinski definition) is 2. The van der Waals surface area contributed by atoms with Crippen molar-refractivity contribution >= 4 is 16.1 Å². The van der Waals surface area contributed by atoms with Gasteiger partial charge in [0.2, 0.25) is 10.0 Å². The molecule has 29 heavy (non-hydrogen) atoms. The van der Waals surface area contributed by atoms with Gasteiger partial charge in [-0.1, -0.05) is 38.1 Å². The number of sulfonamides is 1. The second-order valence-electron chi connectivity index (χ2n) is 6.35. The monoisotopic (exact) mass is 419 g/mol. The Morgan fingerprint density at radius 2 is 1.55 bits per heavy atom. The van der Waals surface area contributed by atoms with Crippen LogP contribution < -0.4 is 15.4 Å². The van der Waals surface area contributed by atoms with Crippen LogP contribution in [0.2, 0.25) is 0 Å². The smallest absolute Gasteiger partial charge is 0.315 e. The standard InChI is InChI=1S/C21H29N3O4S/c1-4-24(5-2)29(26,27)20-12-10-17(11-13-20)15-22-21(25)23-16-18-8-7-9-19(14-18)28-6-3/h7-14H,4-6,15-16H2,1-3H3,(H2,22,23,25). The maximum Gasteiger partial charge on any atom is 0.315 e. The zero-order valence-corrected chi connectivity index (χ0v) is 18.0. The molecule has 8 heteroatoms. The molecule has 0 aliphatic carbocycles. The molecule has 2 N–H and O–H groups in total. The van der Waals surface area contributed by atoms with E-state index < -0.39 is 10.0 Å². The average Bonchev–Trinajstić information content (AvgIpc) is 2.72. The first kappa shape index (κ1) is 22.7. The van der Waals surface area contributed by atoms with E-state index in [0.717, 1.165) is 16.9 Å². The Morgan fingerprint density at radius 1 is 0.931 bits per heavy atom. The van der Waals surface area contributed by atoms with Crippen molar-refractivity contribution in [2.24, 2.45) is 0 Å². The van der Waals surface area contributed by atoms with Crippen molar-refractivity contribution in [2.75, 3.05) is 19.7 Å². The molecule has 0 fully saturated rings. The van der Waals surface area contributed by atoms with Crippen LogP contribution in [-0.2, 0) is 23.1 Å². The van der Waals surface area contributed by atoms with E-state index in [4.69, 9.17) is 4.74 Å². The molecule has 0 aliphatic heterocycles. The Labute approximate surface area is 173 Å². The number of nitrogens with zero attached hydrogens (tertiary/aromatic N) is 1. The van der Waals surface area contributed by atoms with Crippen molar-refractivity contribution in [3.8, 4) is 5.75 Å². The first-order valence-corrected chi connectivity index (χ1v) is 11.2. The summed E-state index contributed by atoms with van der Waals surface area (Å²) in [4.78, 5) is 12.3. The minimum absolute atomic E-state index is 0.253. The van der Waals surface area contributed by atoms with Gasteiger partial charge in [0.15, 0.2) is 0 Å². The van der Waals surface area contributed by atoms with E-state index in [-0.39, 0.29) is 10.9 Å². The molecule has 0 heterocycles. The van der Waals surface area contributed by atoms with Crippen LogP contribution in [0.3, 0.4) is 0 Å². The summed E-state index contributed by atoms with van der Waals surface area (Å²) < 4.78 is 31.8. The molecule has 7 nitrogen and oxygen atoms in total. The summed E-state index contributed by atoms with van der Waals surface area (Å²) in [5, 5.41) is 5.57. The minimum atomic E-state index is -3.47. The number of ether oxygens (including phenoxy) is 1. The molecule has 0 saturated carbocycles. The molecule has 0 unspecified atom stereocenters. The molecule has 2 aromatic carbocycles. The second-order valence-corrected chi connectivity index (χ2v) is 8.29. The number of amides is 2. The Hall–Kier alpha value is -2.58. The number of hydrogen-bond acceptors (Lipinski definition) is 4. The van der Waals surface area contributed by atoms with Crippen molar-refractivity contribution < 1.29 is 17.9 Å². The maximum atomic E-state index is 12.5. The lowest BCUT2D eigenvalue weighted by Crippen LogP contribution is -2.34. The van der Waals surface area contributed by atoms with Gasteiger partial charge in [-0.3, -0.25) is 0 Å². The first-order valence-electron chi connectivity index (χ1n) is 9.73. The van der Waals surface area contributed by atoms with E-state index in [2.05, 4.69) is 10.6 Å². The predicted octanol–water partition coefficient (Wildman–Crippen LogP) is 3.12. The molecule has 0 aliphatic rings. The Morgan fingerprint density at radius 3 is 2.14 bits per heavy atom. The van der Waals surface area contributed by atoms with Crippen molar-refractivity contribution in [1.82, 2.24) is 14.9 Å². The van der Waals surface area contributed by atoms with Gasteiger partial charge < -0.3 is 15.4 Å². The molecule has 0 bridgehead atoms. The van der Waals surface area contributed by atoms with E-state index >= 15 is 0 Å². The van der Waals surface area contributed by atoms with Gasteiger partial charge in [0, 0.05) is 26.2 Å². The molecule has 2 aromatic rings. The van der Waals surface area contributed by atoms with Crippen molar-refractivity contribution in [3.05, 3.63) is 59.7 Å². The van der Waals surface area contributed by atoms with Crippen molar-refractivity contribution in [2.45, 2.75) is 38.8 Å². The third-order valence-electron chi connectivity index (χ3n) is 4.38. The van der Waals surface area contributed by atoms with Crippen LogP contribution in [0.15, 0.2) is 53.4 Å². The largest absolute Gasteiger partial charge is 0.494 e. The zero-order chi connectivity index (χ0) is 21.3. The highest BCUT2D eigenvalue weighted by Crippen LogP contribution is 2.16. The number of rotatable bonds is 10. The lowest BCUT2D eigenvalue weighted by atomic mass is 10.2. The molecule has 0 aromatic heterocycles. The van der Waals surface area contributed by atoms with E-state index in [1.54, 1.807) is 24.3 Å². The topological polar surface area (TPSA) is 87.7 Å². The molecule has 158 valence electrons. The van der Waals surface area contributed by atoms with E-state index in [9.17, 15) is 13.2 Å². The molecule has 2 rings (SSSR count). The van der Waals surface area contributed by atoms with E-state index in [1.807, 2.05) is 45.0 Å². The normalized spacial score (nSPS) is 11.3. The minimum Gasteiger partial charge on any atom is -0.494 e. The summed E-state index contributed by atoms with van der Waals surface area (Å²) >= 11 is 0. The third kappa shape index (κ3) is 6.47. The summed E-state index contributed by atoms with van der Waals surface area (Å²) in [6.45, 7) is 7.67. The summed E-state index contributed by atoms with van der Waals surface area (Å²) in [6, 6.07) is 13.8. The molecule has 0 saturated heterocycles. The molecule has 0 spiro atoms. The number of urea groups is 1. The SMILES string of the molecule is CCOc1cccc(CNC(=O)NCc2ccc(S(=O)(=O)N(CC)CC)cc2)c1. The quantitative estimate of drug-likeness (QED) is 0.619. The van der Waals surface area contributed by atoms with Gasteiger partial charge in [0.05, 0.1) is 11.5 Å². The average molecular weight is 420 g/mol. The first-order chi connectivity index (χ1) is 13.9. The maximum absolute atomic E-state index is 12.5. The van der Waals surface area contributed by atoms with Crippen molar-refractivity contribution in [3.63, 3.8) is 0 Å². The fourth-order valence-electron chi connectivity index (χ4n) is 2.83. The predicted molar refractivity (Wildman–Crippen MR) is 113 cm³/mol. The number of carbonyl (C=O) groups excluding carboxylic acids is 1. The van der Waals surface area contributed by atoms with Crippen LogP contribution in [0, 0.1) is 0 Å². The Balaban J connectivity index is 1.87. The van der Waals surface area contributed by atoms with Crippen LogP contribution in [0.5, 0.6) is 5.75 Å². The Bertz CT molecular complexity index is 894. The van der Waals surface area contributed by atoms with Crippen molar-refractivity contribution in [1.29, 1.82) is 0 Å². The highest BCUT2D eigenvalue weighted by atomic mass is 32.2. The van der Waals surface area contributed by atoms with Crippen LogP contribution in [0.1, 0.15) is 31.9 Å². The Kier molecular flexibility index (Phi) is 8.48. The van der Waals surface area contributed by atoms with Crippen LogP contribution in [0.25, 0.3) is 0 Å². The van der Waals surface area contributed by atoms with Gasteiger partial charge in [-0.2, -0.15) is 4.31 Å². The fraction of sp³-hybridized carbons (Fsp3) is 0.381. The number of carbonyl (C=O) groups is 1. The van der Waals surface area contributed by atoms with E-state index in [1.165, 1.54) is 4.31 Å². The highest BCUT2D eigenvalue weighted by molar-refractivity contribution is 7.89. The second kappa shape index (κ2) is 10.8. The van der Waals surface area contributed by atoms with Crippen LogP contribution in [0.4, 0.5) is 4.79 Å². The van der Waals surface area contributed by atoms with Gasteiger partial charge in [0.25, 0.3) is 0 Å². The van der Waals surface area contributed by atoms with Crippen LogP contribution in [-0.4, -0.2) is 38.5 Å². The highest BCUT2D eigenvalue weighted by Gasteiger charge is 2.21. The zero-order valence-electron chi connectivity index (χ0n) is 17.1. The molecule has 0 atom stereocenters. The lowest BCUT2D eigenvalue weighted by molar-refractivity contribution is 0.240. The third-order valence-corrected chi connectivity index (χ3v) is 6.45. The molecule has 2 amide bonds. The fourth-order valence-corrected chi connectivity index (χ4v) is 4.29. The van der Waals surface area contributed by atoms with Gasteiger partial charge in [-0.25, -0.2) is 13.2 Å². The number of benzene rings is 2. The summed E-state index contributed by atoms with van der Waals surface area (Å²) in [5.41, 5.74) is 1.76. The lowest BCUT2D eigenvalue weighted by Gasteiger charge is -2.18. The molecular weight excluding hydrogens is 390 g/mol. The van der Waals surface area contributed by atoms with Gasteiger partial charge in [0.1, 0.15) is 5.75 Å². The summed E-state index contributed by atoms with van der Waals surface area (Å²) in [6.07, 6.45) is 0. The van der Waals surface area contributed by atoms with Gasteiger partial charge in [-0.05, 0) is 42.3 Å². The molecule has 0 radical (unpaired) electrons. The van der Waals surface area contributed by atoms with Gasteiger partial charge >= 0.3 is 6.03 Å². The van der Waals surface area contributed by atoms with E-state index in [0.29, 0.717) is 32.8 Å². The molecular formula is C21H29N3O4S. The summed E-state index contributed by atoms with van der Waals surface area (Å²) in [7, 11) is -3.47. The number of nitrogens with one attached hydrogen (secondary N) is 2. The van der Waals surface area contributed by atoms with Gasteiger partial charge in [-0.15, -0.1) is 0 Å². The summed E-state index contributed by atoms with van der Waals surface area (Å²) in [5.74, 6) is 0.770.